The fourth-order valence-electron chi connectivity index (χ4n) is 1.77. The van der Waals surface area contributed by atoms with Crippen molar-refractivity contribution < 1.29 is 14.7 Å². The number of carboxylic acids is 1. The molecule has 2 rings (SSSR count). The van der Waals surface area contributed by atoms with Crippen molar-refractivity contribution in [1.29, 1.82) is 0 Å². The van der Waals surface area contributed by atoms with Gasteiger partial charge in [0.2, 0.25) is 0 Å². The van der Waals surface area contributed by atoms with Gasteiger partial charge in [0, 0.05) is 22.9 Å². The number of pyridine rings is 1. The fourth-order valence-corrected chi connectivity index (χ4v) is 2.34. The topological polar surface area (TPSA) is 105 Å². The molecule has 1 aromatic carbocycles. The molecule has 0 aliphatic rings. The highest BCUT2D eigenvalue weighted by Crippen LogP contribution is 2.24. The second kappa shape index (κ2) is 6.36. The molecule has 1 aromatic heterocycles. The first-order chi connectivity index (χ1) is 9.99. The van der Waals surface area contributed by atoms with E-state index in [1.165, 1.54) is 12.3 Å². The first kappa shape index (κ1) is 15.0. The van der Waals surface area contributed by atoms with Crippen molar-refractivity contribution in [2.24, 2.45) is 5.73 Å². The number of carbonyl (C=O) groups is 2. The minimum Gasteiger partial charge on any atom is -0.477 e. The summed E-state index contributed by atoms with van der Waals surface area (Å²) in [5.74, 6) is -1.61. The van der Waals surface area contributed by atoms with E-state index in [-0.39, 0.29) is 5.69 Å². The zero-order valence-corrected chi connectivity index (χ0v) is 12.4. The van der Waals surface area contributed by atoms with E-state index in [4.69, 9.17) is 10.8 Å². The number of nitrogens with two attached hydrogens (primary N) is 1. The van der Waals surface area contributed by atoms with Crippen LogP contribution in [0.15, 0.2) is 41.0 Å². The summed E-state index contributed by atoms with van der Waals surface area (Å²) < 4.78 is 0.611. The number of nitrogens with one attached hydrogen (secondary N) is 1. The molecule has 0 aliphatic carbocycles. The Morgan fingerprint density at radius 1 is 1.29 bits per heavy atom. The molecule has 2 aromatic rings. The van der Waals surface area contributed by atoms with Crippen LogP contribution in [-0.2, 0) is 6.54 Å². The highest BCUT2D eigenvalue weighted by Gasteiger charge is 2.12. The molecule has 21 heavy (non-hydrogen) atoms. The number of aromatic nitrogens is 1. The normalized spacial score (nSPS) is 10.1. The van der Waals surface area contributed by atoms with Gasteiger partial charge in [0.05, 0.1) is 5.56 Å². The minimum absolute atomic E-state index is 0.0148. The van der Waals surface area contributed by atoms with Gasteiger partial charge in [-0.1, -0.05) is 12.1 Å². The largest absolute Gasteiger partial charge is 0.477 e. The van der Waals surface area contributed by atoms with Gasteiger partial charge in [0.1, 0.15) is 5.69 Å². The maximum atomic E-state index is 11.4. The number of benzene rings is 1. The molecule has 0 radical (unpaired) electrons. The minimum atomic E-state index is -1.07. The number of amides is 1. The number of carbonyl (C=O) groups excluding carboxylic acids is 1. The summed E-state index contributed by atoms with van der Waals surface area (Å²) >= 11 is 3.28. The molecule has 0 bridgehead atoms. The van der Waals surface area contributed by atoms with Crippen molar-refractivity contribution in [3.05, 3.63) is 57.8 Å². The van der Waals surface area contributed by atoms with Crippen LogP contribution in [0.1, 0.15) is 26.4 Å². The maximum Gasteiger partial charge on any atom is 0.354 e. The van der Waals surface area contributed by atoms with Crippen molar-refractivity contribution in [3.63, 3.8) is 0 Å². The summed E-state index contributed by atoms with van der Waals surface area (Å²) in [6, 6.07) is 8.34. The summed E-state index contributed by atoms with van der Waals surface area (Å²) in [7, 11) is 0. The number of halogens is 1. The van der Waals surface area contributed by atoms with E-state index in [1.54, 1.807) is 24.3 Å². The highest BCUT2D eigenvalue weighted by molar-refractivity contribution is 9.10. The number of nitrogens with zero attached hydrogens (tertiary/aromatic N) is 1. The first-order valence-corrected chi connectivity index (χ1v) is 6.78. The molecule has 0 aliphatic heterocycles. The van der Waals surface area contributed by atoms with Crippen LogP contribution in [0, 0.1) is 0 Å². The summed E-state index contributed by atoms with van der Waals surface area (Å²) in [6.07, 6.45) is 1.47. The van der Waals surface area contributed by atoms with Gasteiger partial charge in [-0.15, -0.1) is 0 Å². The van der Waals surface area contributed by atoms with Crippen LogP contribution in [0.2, 0.25) is 0 Å². The van der Waals surface area contributed by atoms with Crippen LogP contribution in [0.3, 0.4) is 0 Å². The zero-order valence-electron chi connectivity index (χ0n) is 10.8. The molecule has 6 nitrogen and oxygen atoms in total. The van der Waals surface area contributed by atoms with E-state index in [0.717, 1.165) is 5.56 Å². The number of hydrogen-bond donors (Lipinski definition) is 3. The molecule has 0 spiro atoms. The zero-order chi connectivity index (χ0) is 15.4. The van der Waals surface area contributed by atoms with Gasteiger partial charge in [-0.2, -0.15) is 0 Å². The molecule has 108 valence electrons. The predicted octanol–water partition coefficient (Wildman–Crippen LogP) is 2.25. The monoisotopic (exact) mass is 349 g/mol. The average Bonchev–Trinajstić information content (AvgIpc) is 2.45. The van der Waals surface area contributed by atoms with Crippen LogP contribution >= 0.6 is 15.9 Å². The van der Waals surface area contributed by atoms with Crippen molar-refractivity contribution in [2.75, 3.05) is 5.32 Å². The molecule has 7 heteroatoms. The lowest BCUT2D eigenvalue weighted by Gasteiger charge is -2.11. The Morgan fingerprint density at radius 2 is 2.05 bits per heavy atom. The van der Waals surface area contributed by atoms with Crippen LogP contribution in [0.25, 0.3) is 0 Å². The fraction of sp³-hybridized carbons (Fsp3) is 0.0714. The van der Waals surface area contributed by atoms with Gasteiger partial charge in [0.15, 0.2) is 0 Å². The number of carboxylic acid groups (broad SMARTS) is 1. The summed E-state index contributed by atoms with van der Waals surface area (Å²) in [5.41, 5.74) is 7.09. The Labute approximate surface area is 129 Å². The van der Waals surface area contributed by atoms with Crippen molar-refractivity contribution in [2.45, 2.75) is 6.54 Å². The van der Waals surface area contributed by atoms with Crippen LogP contribution in [0.4, 0.5) is 5.69 Å². The van der Waals surface area contributed by atoms with Gasteiger partial charge in [-0.05, 0) is 39.7 Å². The molecule has 1 amide bonds. The second-order valence-corrected chi connectivity index (χ2v) is 5.09. The van der Waals surface area contributed by atoms with E-state index >= 15 is 0 Å². The Bertz CT molecular complexity index is 686. The molecule has 0 unspecified atom stereocenters. The van der Waals surface area contributed by atoms with Gasteiger partial charge >= 0.3 is 5.97 Å². The molecule has 1 heterocycles. The number of anilines is 1. The number of rotatable bonds is 5. The van der Waals surface area contributed by atoms with Crippen LogP contribution in [-0.4, -0.2) is 22.0 Å². The van der Waals surface area contributed by atoms with E-state index in [0.29, 0.717) is 22.3 Å². The highest BCUT2D eigenvalue weighted by atomic mass is 79.9. The third-order valence-corrected chi connectivity index (χ3v) is 3.45. The molecule has 0 saturated carbocycles. The van der Waals surface area contributed by atoms with Gasteiger partial charge in [0.25, 0.3) is 5.91 Å². The molecule has 0 fully saturated rings. The van der Waals surface area contributed by atoms with Gasteiger partial charge in [-0.25, -0.2) is 9.78 Å². The Kier molecular flexibility index (Phi) is 4.54. The molecular weight excluding hydrogens is 338 g/mol. The van der Waals surface area contributed by atoms with Crippen molar-refractivity contribution in [1.82, 2.24) is 4.98 Å². The Morgan fingerprint density at radius 3 is 2.62 bits per heavy atom. The lowest BCUT2D eigenvalue weighted by molar-refractivity contribution is 0.0690. The molecule has 4 N–H and O–H groups in total. The summed E-state index contributed by atoms with van der Waals surface area (Å²) in [6.45, 7) is 0.392. The smallest absolute Gasteiger partial charge is 0.354 e. The standard InChI is InChI=1S/C14H12BrN3O3/c15-9-2-1-3-10(12(9)13(16)19)17-6-8-4-5-11(14(20)21)18-7-8/h1-5,7,17H,6H2,(H2,16,19)(H,20,21). The summed E-state index contributed by atoms with van der Waals surface area (Å²) in [4.78, 5) is 26.0. The molecular formula is C14H12BrN3O3. The third kappa shape index (κ3) is 3.57. The lowest BCUT2D eigenvalue weighted by Crippen LogP contribution is -2.15. The predicted molar refractivity (Wildman–Crippen MR) is 81.2 cm³/mol. The number of primary amides is 1. The third-order valence-electron chi connectivity index (χ3n) is 2.79. The maximum absolute atomic E-state index is 11.4. The number of aromatic carboxylic acids is 1. The van der Waals surface area contributed by atoms with E-state index in [1.807, 2.05) is 0 Å². The molecule has 0 atom stereocenters. The Hall–Kier alpha value is -2.41. The van der Waals surface area contributed by atoms with Gasteiger partial charge < -0.3 is 16.2 Å². The van der Waals surface area contributed by atoms with Crippen LogP contribution < -0.4 is 11.1 Å². The first-order valence-electron chi connectivity index (χ1n) is 5.99. The average molecular weight is 350 g/mol. The second-order valence-electron chi connectivity index (χ2n) is 4.24. The van der Waals surface area contributed by atoms with Gasteiger partial charge in [-0.3, -0.25) is 4.79 Å². The quantitative estimate of drug-likeness (QED) is 0.767. The summed E-state index contributed by atoms with van der Waals surface area (Å²) in [5, 5.41) is 11.9. The number of hydrogen-bond acceptors (Lipinski definition) is 4. The van der Waals surface area contributed by atoms with Crippen LogP contribution in [0.5, 0.6) is 0 Å². The van der Waals surface area contributed by atoms with Crippen molar-refractivity contribution in [3.8, 4) is 0 Å². The molecule has 0 saturated heterocycles. The Balaban J connectivity index is 2.15. The van der Waals surface area contributed by atoms with Crippen molar-refractivity contribution >= 4 is 33.5 Å². The SMILES string of the molecule is NC(=O)c1c(Br)cccc1NCc1ccc(C(=O)O)nc1. The van der Waals surface area contributed by atoms with E-state index < -0.39 is 11.9 Å². The van der Waals surface area contributed by atoms with E-state index in [9.17, 15) is 9.59 Å². The lowest BCUT2D eigenvalue weighted by atomic mass is 10.1. The van der Waals surface area contributed by atoms with E-state index in [2.05, 4.69) is 26.2 Å².